The first-order valence-electron chi connectivity index (χ1n) is 6.96. The molecule has 11 heteroatoms. The lowest BCUT2D eigenvalue weighted by Gasteiger charge is -2.14. The molecular formula is C13H16ClN5O4S. The van der Waals surface area contributed by atoms with Crippen LogP contribution in [0.15, 0.2) is 38.4 Å². The molecule has 4 N–H and O–H groups in total. The molecule has 0 aromatic carbocycles. The molecule has 0 saturated carbocycles. The molecule has 1 aliphatic rings. The summed E-state index contributed by atoms with van der Waals surface area (Å²) >= 11 is 0. The molecule has 0 amide bonds. The van der Waals surface area contributed by atoms with Gasteiger partial charge in [-0.25, -0.2) is 22.9 Å². The normalized spacial score (nSPS) is 14.9. The second-order valence-corrected chi connectivity index (χ2v) is 6.88. The smallest absolute Gasteiger partial charge is 0.313 e. The number of nitrogens with one attached hydrogen (secondary N) is 4. The molecule has 9 nitrogen and oxygen atoms in total. The zero-order valence-corrected chi connectivity index (χ0v) is 14.1. The van der Waals surface area contributed by atoms with Crippen molar-refractivity contribution in [1.82, 2.24) is 25.0 Å². The topological polar surface area (TPSA) is 137 Å². The Morgan fingerprint density at radius 2 is 2.04 bits per heavy atom. The highest BCUT2D eigenvalue weighted by Gasteiger charge is 2.17. The summed E-state index contributed by atoms with van der Waals surface area (Å²) in [6.07, 6.45) is 3.83. The highest BCUT2D eigenvalue weighted by atomic mass is 35.5. The monoisotopic (exact) mass is 373 g/mol. The van der Waals surface area contributed by atoms with Crippen molar-refractivity contribution >= 4 is 33.5 Å². The fraction of sp³-hybridized carbons (Fsp3) is 0.308. The molecule has 2 aromatic rings. The van der Waals surface area contributed by atoms with Gasteiger partial charge in [-0.15, -0.1) is 12.4 Å². The average Bonchev–Trinajstić information content (AvgIpc) is 2.53. The number of fused-ring (bicyclic) bond motifs is 1. The molecular weight excluding hydrogens is 358 g/mol. The van der Waals surface area contributed by atoms with E-state index >= 15 is 0 Å². The van der Waals surface area contributed by atoms with Gasteiger partial charge in [0, 0.05) is 19.3 Å². The highest BCUT2D eigenvalue weighted by Crippen LogP contribution is 2.12. The average molecular weight is 374 g/mol. The van der Waals surface area contributed by atoms with Crippen molar-refractivity contribution in [2.45, 2.75) is 11.3 Å². The van der Waals surface area contributed by atoms with Gasteiger partial charge in [-0.05, 0) is 19.0 Å². The van der Waals surface area contributed by atoms with Gasteiger partial charge in [0.25, 0.3) is 5.56 Å². The molecule has 0 fully saturated rings. The second-order valence-electron chi connectivity index (χ2n) is 5.12. The Balaban J connectivity index is 0.00000208. The van der Waals surface area contributed by atoms with Crippen molar-refractivity contribution in [3.63, 3.8) is 0 Å². The molecule has 130 valence electrons. The number of rotatable bonds is 4. The SMILES string of the molecule is Cl.O=c1[nH]c(=O)c2cc(S(=O)(=O)NCC3=CCNCC3)cnc2[nH]1. The maximum absolute atomic E-state index is 12.3. The van der Waals surface area contributed by atoms with Crippen molar-refractivity contribution in [3.8, 4) is 0 Å². The quantitative estimate of drug-likeness (QED) is 0.519. The maximum Gasteiger partial charge on any atom is 0.327 e. The van der Waals surface area contributed by atoms with Crippen molar-refractivity contribution in [3.05, 3.63) is 44.8 Å². The van der Waals surface area contributed by atoms with Crippen LogP contribution in [0, 0.1) is 0 Å². The molecule has 3 rings (SSSR count). The van der Waals surface area contributed by atoms with Crippen LogP contribution in [-0.4, -0.2) is 43.0 Å². The molecule has 3 heterocycles. The van der Waals surface area contributed by atoms with E-state index in [1.54, 1.807) is 0 Å². The van der Waals surface area contributed by atoms with E-state index < -0.39 is 21.3 Å². The fourth-order valence-electron chi connectivity index (χ4n) is 2.28. The van der Waals surface area contributed by atoms with Crippen molar-refractivity contribution in [2.75, 3.05) is 19.6 Å². The third kappa shape index (κ3) is 3.90. The number of hydrogen-bond donors (Lipinski definition) is 4. The van der Waals surface area contributed by atoms with Gasteiger partial charge in [0.1, 0.15) is 10.5 Å². The van der Waals surface area contributed by atoms with Crippen LogP contribution < -0.4 is 21.3 Å². The third-order valence-electron chi connectivity index (χ3n) is 3.52. The van der Waals surface area contributed by atoms with Gasteiger partial charge in [-0.2, -0.15) is 0 Å². The summed E-state index contributed by atoms with van der Waals surface area (Å²) in [6.45, 7) is 1.75. The Morgan fingerprint density at radius 1 is 1.25 bits per heavy atom. The number of pyridine rings is 1. The first kappa shape index (κ1) is 18.3. The summed E-state index contributed by atoms with van der Waals surface area (Å²) in [6, 6.07) is 1.19. The molecule has 0 atom stereocenters. The van der Waals surface area contributed by atoms with Crippen LogP contribution in [-0.2, 0) is 10.0 Å². The van der Waals surface area contributed by atoms with Crippen LogP contribution in [0.3, 0.4) is 0 Å². The largest absolute Gasteiger partial charge is 0.327 e. The lowest BCUT2D eigenvalue weighted by Crippen LogP contribution is -2.30. The van der Waals surface area contributed by atoms with Gasteiger partial charge in [-0.1, -0.05) is 11.6 Å². The summed E-state index contributed by atoms with van der Waals surface area (Å²) in [4.78, 5) is 31.0. The Bertz CT molecular complexity index is 995. The second kappa shape index (κ2) is 7.26. The molecule has 0 bridgehead atoms. The molecule has 0 spiro atoms. The predicted octanol–water partition coefficient (Wildman–Crippen LogP) is -0.769. The number of halogens is 1. The van der Waals surface area contributed by atoms with E-state index in [9.17, 15) is 18.0 Å². The summed E-state index contributed by atoms with van der Waals surface area (Å²) in [5.41, 5.74) is -0.335. The number of sulfonamides is 1. The number of aromatic nitrogens is 3. The zero-order valence-electron chi connectivity index (χ0n) is 12.5. The number of hydrogen-bond acceptors (Lipinski definition) is 6. The van der Waals surface area contributed by atoms with Gasteiger partial charge < -0.3 is 5.32 Å². The number of aromatic amines is 2. The predicted molar refractivity (Wildman–Crippen MR) is 91.0 cm³/mol. The molecule has 1 aliphatic heterocycles. The number of H-pyrrole nitrogens is 2. The van der Waals surface area contributed by atoms with E-state index in [0.717, 1.165) is 31.3 Å². The van der Waals surface area contributed by atoms with Crippen LogP contribution in [0.4, 0.5) is 0 Å². The minimum Gasteiger partial charge on any atom is -0.313 e. The summed E-state index contributed by atoms with van der Waals surface area (Å²) in [5, 5.41) is 3.15. The van der Waals surface area contributed by atoms with E-state index in [2.05, 4.69) is 20.0 Å². The summed E-state index contributed by atoms with van der Waals surface area (Å²) < 4.78 is 27.1. The minimum atomic E-state index is -3.80. The van der Waals surface area contributed by atoms with Crippen LogP contribution in [0.2, 0.25) is 0 Å². The third-order valence-corrected chi connectivity index (χ3v) is 4.89. The van der Waals surface area contributed by atoms with Gasteiger partial charge in [0.2, 0.25) is 10.0 Å². The maximum atomic E-state index is 12.3. The minimum absolute atomic E-state index is 0. The standard InChI is InChI=1S/C13H15N5O4S.ClH/c19-12-10-5-9(7-15-11(10)17-13(20)18-12)23(21,22)16-6-8-1-3-14-4-2-8;/h1,5,7,14,16H,2-4,6H2,(H2,15,17,18,19,20);1H. The lowest BCUT2D eigenvalue weighted by molar-refractivity contribution is 0.582. The van der Waals surface area contributed by atoms with E-state index in [0.29, 0.717) is 0 Å². The first-order valence-corrected chi connectivity index (χ1v) is 8.45. The van der Waals surface area contributed by atoms with E-state index in [1.807, 2.05) is 11.1 Å². The van der Waals surface area contributed by atoms with Crippen LogP contribution >= 0.6 is 12.4 Å². The summed E-state index contributed by atoms with van der Waals surface area (Å²) in [7, 11) is -3.80. The van der Waals surface area contributed by atoms with Crippen LogP contribution in [0.25, 0.3) is 11.0 Å². The Kier molecular flexibility index (Phi) is 5.54. The van der Waals surface area contributed by atoms with Gasteiger partial charge in [-0.3, -0.25) is 14.8 Å². The van der Waals surface area contributed by atoms with Gasteiger partial charge in [0.05, 0.1) is 5.39 Å². The number of nitrogens with zero attached hydrogens (tertiary/aromatic N) is 1. The molecule has 0 saturated heterocycles. The van der Waals surface area contributed by atoms with Crippen molar-refractivity contribution in [2.24, 2.45) is 0 Å². The van der Waals surface area contributed by atoms with Crippen LogP contribution in [0.5, 0.6) is 0 Å². The Labute approximate surface area is 143 Å². The van der Waals surface area contributed by atoms with Crippen LogP contribution in [0.1, 0.15) is 6.42 Å². The van der Waals surface area contributed by atoms with Crippen molar-refractivity contribution < 1.29 is 8.42 Å². The molecule has 0 unspecified atom stereocenters. The zero-order chi connectivity index (χ0) is 16.4. The Morgan fingerprint density at radius 3 is 2.75 bits per heavy atom. The first-order chi connectivity index (χ1) is 11.0. The lowest BCUT2D eigenvalue weighted by atomic mass is 10.1. The summed E-state index contributed by atoms with van der Waals surface area (Å²) in [5.74, 6) is 0. The van der Waals surface area contributed by atoms with Crippen molar-refractivity contribution in [1.29, 1.82) is 0 Å². The Hall–Kier alpha value is -2.01. The molecule has 24 heavy (non-hydrogen) atoms. The van der Waals surface area contributed by atoms with E-state index in [1.165, 1.54) is 6.07 Å². The van der Waals surface area contributed by atoms with E-state index in [-0.39, 0.29) is 34.9 Å². The fourth-order valence-corrected chi connectivity index (χ4v) is 3.28. The molecule has 0 radical (unpaired) electrons. The van der Waals surface area contributed by atoms with E-state index in [4.69, 9.17) is 0 Å². The molecule has 0 aliphatic carbocycles. The highest BCUT2D eigenvalue weighted by molar-refractivity contribution is 7.89. The van der Waals surface area contributed by atoms with Gasteiger partial charge in [0.15, 0.2) is 0 Å². The molecule has 2 aromatic heterocycles. The van der Waals surface area contributed by atoms with Gasteiger partial charge >= 0.3 is 5.69 Å².